The number of halogens is 1. The Morgan fingerprint density at radius 1 is 0.920 bits per heavy atom. The Hall–Kier alpha value is -1.36. The van der Waals surface area contributed by atoms with Crippen LogP contribution in [0.15, 0.2) is 22.7 Å². The Morgan fingerprint density at radius 2 is 1.44 bits per heavy atom. The molecule has 0 fully saturated rings. The maximum atomic E-state index is 12.4. The molecule has 25 heavy (non-hydrogen) atoms. The first kappa shape index (κ1) is 21.7. The standard InChI is InChI=1S/C20H29BrO4/c1-14(2)8-6-12-24-19(22)16-10-5-11-17(21)18(16)20(23)25-13-7-9-15(3)4/h5,10-11,14-15H,6-9,12-13H2,1-4H3. The van der Waals surface area contributed by atoms with Crippen LogP contribution in [0, 0.1) is 11.8 Å². The molecule has 0 saturated heterocycles. The van der Waals surface area contributed by atoms with Gasteiger partial charge in [0.05, 0.1) is 24.3 Å². The van der Waals surface area contributed by atoms with Gasteiger partial charge in [-0.1, -0.05) is 33.8 Å². The van der Waals surface area contributed by atoms with Crippen LogP contribution in [0.4, 0.5) is 0 Å². The predicted octanol–water partition coefficient (Wildman–Crippen LogP) is 5.64. The fourth-order valence-corrected chi connectivity index (χ4v) is 2.89. The molecule has 0 aliphatic rings. The van der Waals surface area contributed by atoms with E-state index < -0.39 is 11.9 Å². The third-order valence-electron chi connectivity index (χ3n) is 3.76. The lowest BCUT2D eigenvalue weighted by molar-refractivity contribution is 0.0447. The lowest BCUT2D eigenvalue weighted by Gasteiger charge is -2.12. The fourth-order valence-electron chi connectivity index (χ4n) is 2.36. The number of carbonyl (C=O) groups is 2. The van der Waals surface area contributed by atoms with Gasteiger partial charge in [0.15, 0.2) is 0 Å². The number of hydrogen-bond acceptors (Lipinski definition) is 4. The van der Waals surface area contributed by atoms with Crippen LogP contribution in [-0.4, -0.2) is 25.2 Å². The summed E-state index contributed by atoms with van der Waals surface area (Å²) in [6, 6.07) is 5.03. The lowest BCUT2D eigenvalue weighted by Crippen LogP contribution is -2.16. The zero-order valence-corrected chi connectivity index (χ0v) is 17.2. The molecule has 0 N–H and O–H groups in total. The van der Waals surface area contributed by atoms with E-state index in [4.69, 9.17) is 9.47 Å². The van der Waals surface area contributed by atoms with Crippen LogP contribution in [0.3, 0.4) is 0 Å². The van der Waals surface area contributed by atoms with Crippen LogP contribution >= 0.6 is 15.9 Å². The summed E-state index contributed by atoms with van der Waals surface area (Å²) in [7, 11) is 0. The summed E-state index contributed by atoms with van der Waals surface area (Å²) in [5.74, 6) is 0.157. The SMILES string of the molecule is CC(C)CCCOC(=O)c1cccc(Br)c1C(=O)OCCCC(C)C. The van der Waals surface area contributed by atoms with Gasteiger partial charge in [0.2, 0.25) is 0 Å². The number of hydrogen-bond donors (Lipinski definition) is 0. The number of benzene rings is 1. The van der Waals surface area contributed by atoms with Crippen LogP contribution in [-0.2, 0) is 9.47 Å². The molecule has 1 rings (SSSR count). The highest BCUT2D eigenvalue weighted by atomic mass is 79.9. The van der Waals surface area contributed by atoms with Gasteiger partial charge in [-0.3, -0.25) is 0 Å². The summed E-state index contributed by atoms with van der Waals surface area (Å²) in [5, 5.41) is 0. The molecule has 4 nitrogen and oxygen atoms in total. The van der Waals surface area contributed by atoms with Crippen molar-refractivity contribution in [2.75, 3.05) is 13.2 Å². The smallest absolute Gasteiger partial charge is 0.340 e. The van der Waals surface area contributed by atoms with E-state index in [-0.39, 0.29) is 11.1 Å². The Kier molecular flexibility index (Phi) is 9.79. The molecule has 0 bridgehead atoms. The molecule has 0 aromatic heterocycles. The van der Waals surface area contributed by atoms with Crippen molar-refractivity contribution in [2.45, 2.75) is 53.4 Å². The van der Waals surface area contributed by atoms with Crippen LogP contribution in [0.2, 0.25) is 0 Å². The highest BCUT2D eigenvalue weighted by Crippen LogP contribution is 2.23. The molecule has 0 saturated carbocycles. The maximum absolute atomic E-state index is 12.4. The molecule has 0 heterocycles. The van der Waals surface area contributed by atoms with Crippen molar-refractivity contribution < 1.29 is 19.1 Å². The largest absolute Gasteiger partial charge is 0.462 e. The average Bonchev–Trinajstić information content (AvgIpc) is 2.54. The normalized spacial score (nSPS) is 11.0. The van der Waals surface area contributed by atoms with Crippen LogP contribution in [0.25, 0.3) is 0 Å². The van der Waals surface area contributed by atoms with Crippen molar-refractivity contribution in [3.63, 3.8) is 0 Å². The van der Waals surface area contributed by atoms with Gasteiger partial charge in [-0.15, -0.1) is 0 Å². The number of carbonyl (C=O) groups excluding carboxylic acids is 2. The molecule has 0 atom stereocenters. The van der Waals surface area contributed by atoms with E-state index in [0.29, 0.717) is 29.5 Å². The van der Waals surface area contributed by atoms with Crippen molar-refractivity contribution in [1.29, 1.82) is 0 Å². The Labute approximate surface area is 159 Å². The van der Waals surface area contributed by atoms with Gasteiger partial charge in [0, 0.05) is 4.47 Å². The van der Waals surface area contributed by atoms with Crippen molar-refractivity contribution in [2.24, 2.45) is 11.8 Å². The van der Waals surface area contributed by atoms with Crippen molar-refractivity contribution in [3.05, 3.63) is 33.8 Å². The summed E-state index contributed by atoms with van der Waals surface area (Å²) in [6.45, 7) is 9.21. The minimum absolute atomic E-state index is 0.237. The van der Waals surface area contributed by atoms with Gasteiger partial charge in [-0.2, -0.15) is 0 Å². The second-order valence-corrected chi connectivity index (χ2v) is 7.86. The second-order valence-electron chi connectivity index (χ2n) is 7.01. The van der Waals surface area contributed by atoms with Crippen LogP contribution in [0.1, 0.15) is 74.1 Å². The van der Waals surface area contributed by atoms with E-state index >= 15 is 0 Å². The Bertz CT molecular complexity index is 567. The van der Waals surface area contributed by atoms with Gasteiger partial charge < -0.3 is 9.47 Å². The predicted molar refractivity (Wildman–Crippen MR) is 103 cm³/mol. The summed E-state index contributed by atoms with van der Waals surface area (Å²) < 4.78 is 11.2. The molecule has 0 spiro atoms. The maximum Gasteiger partial charge on any atom is 0.340 e. The van der Waals surface area contributed by atoms with Crippen LogP contribution in [0.5, 0.6) is 0 Å². The first-order valence-corrected chi connectivity index (χ1v) is 9.75. The minimum Gasteiger partial charge on any atom is -0.462 e. The van der Waals surface area contributed by atoms with Crippen molar-refractivity contribution >= 4 is 27.9 Å². The highest BCUT2D eigenvalue weighted by Gasteiger charge is 2.22. The number of esters is 2. The quantitative estimate of drug-likeness (QED) is 0.368. The molecule has 0 amide bonds. The van der Waals surface area contributed by atoms with Crippen LogP contribution < -0.4 is 0 Å². The van der Waals surface area contributed by atoms with Crippen molar-refractivity contribution in [1.82, 2.24) is 0 Å². The van der Waals surface area contributed by atoms with Gasteiger partial charge >= 0.3 is 11.9 Å². The summed E-state index contributed by atoms with van der Waals surface area (Å²) >= 11 is 3.34. The summed E-state index contributed by atoms with van der Waals surface area (Å²) in [5.41, 5.74) is 0.480. The van der Waals surface area contributed by atoms with Gasteiger partial charge in [-0.25, -0.2) is 9.59 Å². The number of ether oxygens (including phenoxy) is 2. The molecule has 140 valence electrons. The topological polar surface area (TPSA) is 52.6 Å². The fraction of sp³-hybridized carbons (Fsp3) is 0.600. The molecule has 0 aliphatic carbocycles. The Balaban J connectivity index is 2.69. The van der Waals surface area contributed by atoms with Gasteiger partial charge in [-0.05, 0) is 65.6 Å². The zero-order valence-electron chi connectivity index (χ0n) is 15.6. The average molecular weight is 413 g/mol. The van der Waals surface area contributed by atoms with Gasteiger partial charge in [0.1, 0.15) is 0 Å². The van der Waals surface area contributed by atoms with E-state index in [0.717, 1.165) is 25.7 Å². The molecule has 1 aromatic carbocycles. The van der Waals surface area contributed by atoms with Gasteiger partial charge in [0.25, 0.3) is 0 Å². The van der Waals surface area contributed by atoms with Crippen molar-refractivity contribution in [3.8, 4) is 0 Å². The Morgan fingerprint density at radius 3 is 1.96 bits per heavy atom. The van der Waals surface area contributed by atoms with E-state index in [2.05, 4.69) is 43.6 Å². The molecule has 0 unspecified atom stereocenters. The molecule has 0 aliphatic heterocycles. The molecule has 1 aromatic rings. The highest BCUT2D eigenvalue weighted by molar-refractivity contribution is 9.10. The first-order valence-electron chi connectivity index (χ1n) is 8.95. The first-order chi connectivity index (χ1) is 11.8. The molecular weight excluding hydrogens is 384 g/mol. The summed E-state index contributed by atoms with van der Waals surface area (Å²) in [4.78, 5) is 24.7. The molecule has 5 heteroatoms. The van der Waals surface area contributed by atoms with E-state index in [9.17, 15) is 9.59 Å². The second kappa shape index (κ2) is 11.3. The van der Waals surface area contributed by atoms with E-state index in [1.165, 1.54) is 0 Å². The minimum atomic E-state index is -0.495. The zero-order chi connectivity index (χ0) is 18.8. The third-order valence-corrected chi connectivity index (χ3v) is 4.42. The van der Waals surface area contributed by atoms with E-state index in [1.807, 2.05) is 0 Å². The lowest BCUT2D eigenvalue weighted by atomic mass is 10.1. The number of rotatable bonds is 10. The van der Waals surface area contributed by atoms with E-state index in [1.54, 1.807) is 18.2 Å². The monoisotopic (exact) mass is 412 g/mol. The molecular formula is C20H29BrO4. The third kappa shape index (κ3) is 8.04. The molecule has 0 radical (unpaired) electrons. The summed E-state index contributed by atoms with van der Waals surface area (Å²) in [6.07, 6.45) is 3.61.